The molecular formula is C13H18N2O3S2. The molecule has 110 valence electrons. The number of aromatic nitrogens is 1. The average Bonchev–Trinajstić information content (AvgIpc) is 2.44. The van der Waals surface area contributed by atoms with Crippen molar-refractivity contribution in [1.29, 1.82) is 0 Å². The second-order valence-corrected chi connectivity index (χ2v) is 6.32. The third-order valence-electron chi connectivity index (χ3n) is 2.13. The zero-order valence-corrected chi connectivity index (χ0v) is 13.1. The molecule has 0 aliphatic rings. The fourth-order valence-corrected chi connectivity index (χ4v) is 3.33. The monoisotopic (exact) mass is 314 g/mol. The Kier molecular flexibility index (Phi) is 8.13. The molecule has 1 amide bonds. The maximum atomic E-state index is 11.8. The highest BCUT2D eigenvalue weighted by molar-refractivity contribution is 8.76. The molecule has 0 aliphatic carbocycles. The van der Waals surface area contributed by atoms with Crippen LogP contribution in [0.4, 0.5) is 0 Å². The van der Waals surface area contributed by atoms with Crippen molar-refractivity contribution < 1.29 is 14.3 Å². The van der Waals surface area contributed by atoms with Gasteiger partial charge in [0.25, 0.3) is 0 Å². The molecule has 1 atom stereocenters. The van der Waals surface area contributed by atoms with Gasteiger partial charge in [-0.1, -0.05) is 23.8 Å². The van der Waals surface area contributed by atoms with Gasteiger partial charge in [0.1, 0.15) is 11.1 Å². The summed E-state index contributed by atoms with van der Waals surface area (Å²) in [5, 5.41) is 3.47. The van der Waals surface area contributed by atoms with Crippen molar-refractivity contribution in [3.63, 3.8) is 0 Å². The molecule has 0 unspecified atom stereocenters. The highest BCUT2D eigenvalue weighted by Gasteiger charge is 2.21. The van der Waals surface area contributed by atoms with Crippen molar-refractivity contribution in [2.45, 2.75) is 31.3 Å². The molecule has 0 aromatic carbocycles. The summed E-state index contributed by atoms with van der Waals surface area (Å²) >= 11 is 0. The third kappa shape index (κ3) is 6.81. The molecule has 1 rings (SSSR count). The van der Waals surface area contributed by atoms with E-state index in [2.05, 4.69) is 10.3 Å². The Bertz CT molecular complexity index is 429. The lowest BCUT2D eigenvalue weighted by molar-refractivity contribution is -0.147. The molecule has 7 heteroatoms. The topological polar surface area (TPSA) is 68.3 Å². The Labute approximate surface area is 126 Å². The molecule has 1 aromatic heterocycles. The lowest BCUT2D eigenvalue weighted by Gasteiger charge is -2.15. The molecular weight excluding hydrogens is 296 g/mol. The molecule has 0 spiro atoms. The van der Waals surface area contributed by atoms with Crippen LogP contribution in [-0.2, 0) is 14.3 Å². The smallest absolute Gasteiger partial charge is 0.329 e. The van der Waals surface area contributed by atoms with Gasteiger partial charge in [-0.3, -0.25) is 4.79 Å². The van der Waals surface area contributed by atoms with Crippen molar-refractivity contribution >= 4 is 33.5 Å². The zero-order valence-electron chi connectivity index (χ0n) is 11.5. The van der Waals surface area contributed by atoms with Crippen molar-refractivity contribution in [3.05, 3.63) is 24.4 Å². The number of ether oxygens (including phenoxy) is 1. The first-order valence-corrected chi connectivity index (χ1v) is 8.59. The normalized spacial score (nSPS) is 11.7. The summed E-state index contributed by atoms with van der Waals surface area (Å²) in [5.41, 5.74) is 0. The Hall–Kier alpha value is -1.21. The highest BCUT2D eigenvalue weighted by Crippen LogP contribution is 2.29. The van der Waals surface area contributed by atoms with E-state index in [1.54, 1.807) is 6.20 Å². The largest absolute Gasteiger partial charge is 0.464 e. The van der Waals surface area contributed by atoms with E-state index in [1.165, 1.54) is 28.5 Å². The predicted molar refractivity (Wildman–Crippen MR) is 81.4 cm³/mol. The van der Waals surface area contributed by atoms with E-state index in [0.717, 1.165) is 11.4 Å². The van der Waals surface area contributed by atoms with Gasteiger partial charge in [-0.2, -0.15) is 0 Å². The lowest BCUT2D eigenvalue weighted by Crippen LogP contribution is -2.42. The van der Waals surface area contributed by atoms with Crippen LogP contribution in [0, 0.1) is 0 Å². The van der Waals surface area contributed by atoms with E-state index in [0.29, 0.717) is 12.4 Å². The van der Waals surface area contributed by atoms with Crippen LogP contribution in [0.5, 0.6) is 0 Å². The number of carbonyl (C=O) groups is 2. The van der Waals surface area contributed by atoms with Crippen molar-refractivity contribution in [1.82, 2.24) is 10.3 Å². The number of carbonyl (C=O) groups excluding carboxylic acids is 2. The van der Waals surface area contributed by atoms with E-state index in [9.17, 15) is 9.59 Å². The van der Waals surface area contributed by atoms with Gasteiger partial charge in [-0.15, -0.1) is 0 Å². The van der Waals surface area contributed by atoms with Crippen LogP contribution >= 0.6 is 21.6 Å². The quantitative estimate of drug-likeness (QED) is 0.586. The number of pyridine rings is 1. The standard InChI is InChI=1S/C13H18N2O3S2/c1-3-8-18-13(17)11(15-10(2)16)9-19-20-12-6-4-5-7-14-12/h4-7,11H,3,8-9H2,1-2H3,(H,15,16)/t11-/m0/s1. The fourth-order valence-electron chi connectivity index (χ4n) is 1.28. The van der Waals surface area contributed by atoms with Crippen molar-refractivity contribution in [2.24, 2.45) is 0 Å². The molecule has 0 fully saturated rings. The second-order valence-electron chi connectivity index (χ2n) is 3.96. The molecule has 1 aromatic rings. The third-order valence-corrected chi connectivity index (χ3v) is 4.40. The van der Waals surface area contributed by atoms with Crippen LogP contribution in [0.15, 0.2) is 29.4 Å². The van der Waals surface area contributed by atoms with Crippen molar-refractivity contribution in [2.75, 3.05) is 12.4 Å². The van der Waals surface area contributed by atoms with Gasteiger partial charge in [0.2, 0.25) is 5.91 Å². The second kappa shape index (κ2) is 9.66. The fraction of sp³-hybridized carbons (Fsp3) is 0.462. The van der Waals surface area contributed by atoms with Gasteiger partial charge >= 0.3 is 5.97 Å². The molecule has 0 bridgehead atoms. The van der Waals surface area contributed by atoms with E-state index in [-0.39, 0.29) is 5.91 Å². The van der Waals surface area contributed by atoms with Gasteiger partial charge in [-0.05, 0) is 29.3 Å². The number of rotatable bonds is 8. The van der Waals surface area contributed by atoms with Gasteiger partial charge < -0.3 is 10.1 Å². The molecule has 1 heterocycles. The van der Waals surface area contributed by atoms with Crippen LogP contribution < -0.4 is 5.32 Å². The summed E-state index contributed by atoms with van der Waals surface area (Å²) < 4.78 is 5.07. The first-order chi connectivity index (χ1) is 9.63. The maximum Gasteiger partial charge on any atom is 0.329 e. The Morgan fingerprint density at radius 1 is 1.45 bits per heavy atom. The molecule has 1 N–H and O–H groups in total. The predicted octanol–water partition coefficient (Wildman–Crippen LogP) is 2.28. The van der Waals surface area contributed by atoms with Gasteiger partial charge in [0.15, 0.2) is 0 Å². The van der Waals surface area contributed by atoms with E-state index in [4.69, 9.17) is 4.74 Å². The summed E-state index contributed by atoms with van der Waals surface area (Å²) in [4.78, 5) is 27.1. The number of amides is 1. The first kappa shape index (κ1) is 16.8. The number of nitrogens with one attached hydrogen (secondary N) is 1. The summed E-state index contributed by atoms with van der Waals surface area (Å²) in [7, 11) is 2.92. The zero-order chi connectivity index (χ0) is 14.8. The van der Waals surface area contributed by atoms with E-state index >= 15 is 0 Å². The van der Waals surface area contributed by atoms with Gasteiger partial charge in [-0.25, -0.2) is 9.78 Å². The number of nitrogens with zero attached hydrogens (tertiary/aromatic N) is 1. The average molecular weight is 314 g/mol. The van der Waals surface area contributed by atoms with E-state index < -0.39 is 12.0 Å². The van der Waals surface area contributed by atoms with Gasteiger partial charge in [0.05, 0.1) is 6.61 Å². The van der Waals surface area contributed by atoms with Gasteiger partial charge in [0, 0.05) is 18.9 Å². The Morgan fingerprint density at radius 2 is 2.25 bits per heavy atom. The highest BCUT2D eigenvalue weighted by atomic mass is 33.1. The Morgan fingerprint density at radius 3 is 2.85 bits per heavy atom. The minimum Gasteiger partial charge on any atom is -0.464 e. The lowest BCUT2D eigenvalue weighted by atomic mass is 10.3. The van der Waals surface area contributed by atoms with Crippen molar-refractivity contribution in [3.8, 4) is 0 Å². The summed E-state index contributed by atoms with van der Waals surface area (Å²) in [6, 6.07) is 5.01. The van der Waals surface area contributed by atoms with Crippen LogP contribution in [0.1, 0.15) is 20.3 Å². The summed E-state index contributed by atoms with van der Waals surface area (Å²) in [6.07, 6.45) is 2.47. The molecule has 0 aliphatic heterocycles. The van der Waals surface area contributed by atoms with Crippen LogP contribution in [0.3, 0.4) is 0 Å². The van der Waals surface area contributed by atoms with Crippen LogP contribution in [-0.4, -0.2) is 35.3 Å². The number of hydrogen-bond donors (Lipinski definition) is 1. The first-order valence-electron chi connectivity index (χ1n) is 6.27. The summed E-state index contributed by atoms with van der Waals surface area (Å²) in [5.74, 6) is -0.202. The summed E-state index contributed by atoms with van der Waals surface area (Å²) in [6.45, 7) is 3.68. The Balaban J connectivity index is 2.43. The molecule has 0 radical (unpaired) electrons. The molecule has 0 saturated carbocycles. The van der Waals surface area contributed by atoms with E-state index in [1.807, 2.05) is 25.1 Å². The van der Waals surface area contributed by atoms with Crippen LogP contribution in [0.2, 0.25) is 0 Å². The number of hydrogen-bond acceptors (Lipinski definition) is 6. The maximum absolute atomic E-state index is 11.8. The minimum atomic E-state index is -0.625. The molecule has 5 nitrogen and oxygen atoms in total. The minimum absolute atomic E-state index is 0.244. The number of esters is 1. The molecule has 20 heavy (non-hydrogen) atoms. The SMILES string of the molecule is CCCOC(=O)[C@H](CSSc1ccccn1)NC(C)=O. The molecule has 0 saturated heterocycles. The van der Waals surface area contributed by atoms with Crippen LogP contribution in [0.25, 0.3) is 0 Å².